The second kappa shape index (κ2) is 6.75. The topological polar surface area (TPSA) is 15.3 Å². The van der Waals surface area contributed by atoms with Gasteiger partial charge in [-0.1, -0.05) is 34.6 Å². The minimum Gasteiger partial charge on any atom is -0.314 e. The Balaban J connectivity index is 2.39. The largest absolute Gasteiger partial charge is 0.314 e. The summed E-state index contributed by atoms with van der Waals surface area (Å²) in [4.78, 5) is 2.67. The van der Waals surface area contributed by atoms with E-state index in [-0.39, 0.29) is 0 Å². The summed E-state index contributed by atoms with van der Waals surface area (Å²) in [5.74, 6) is 0.938. The van der Waals surface area contributed by atoms with Gasteiger partial charge in [-0.2, -0.15) is 0 Å². The van der Waals surface area contributed by atoms with E-state index in [4.69, 9.17) is 0 Å². The summed E-state index contributed by atoms with van der Waals surface area (Å²) in [6.45, 7) is 16.6. The molecule has 0 bridgehead atoms. The van der Waals surface area contributed by atoms with E-state index in [9.17, 15) is 0 Å². The molecule has 0 aliphatic carbocycles. The summed E-state index contributed by atoms with van der Waals surface area (Å²) in [5, 5.41) is 3.61. The number of likely N-dealkylation sites (tertiary alicyclic amines) is 1. The molecule has 1 atom stereocenters. The summed E-state index contributed by atoms with van der Waals surface area (Å²) in [6.07, 6.45) is 4.04. The van der Waals surface area contributed by atoms with Gasteiger partial charge in [-0.25, -0.2) is 0 Å². The maximum atomic E-state index is 3.61. The fourth-order valence-corrected chi connectivity index (χ4v) is 2.50. The van der Waals surface area contributed by atoms with Gasteiger partial charge in [0.15, 0.2) is 0 Å². The molecule has 1 aliphatic heterocycles. The molecule has 1 aliphatic rings. The van der Waals surface area contributed by atoms with E-state index in [1.165, 1.54) is 38.9 Å². The van der Waals surface area contributed by atoms with Crippen LogP contribution in [0.4, 0.5) is 0 Å². The van der Waals surface area contributed by atoms with E-state index in [0.717, 1.165) is 12.5 Å². The molecule has 0 aromatic rings. The second-order valence-electron chi connectivity index (χ2n) is 6.66. The third-order valence-electron chi connectivity index (χ3n) is 4.27. The Morgan fingerprint density at radius 2 is 1.88 bits per heavy atom. The van der Waals surface area contributed by atoms with Crippen molar-refractivity contribution in [2.45, 2.75) is 59.9 Å². The highest BCUT2D eigenvalue weighted by Crippen LogP contribution is 2.25. The summed E-state index contributed by atoms with van der Waals surface area (Å²) in [5.41, 5.74) is 0.435. The number of hydrogen-bond acceptors (Lipinski definition) is 2. The molecule has 0 saturated carbocycles. The van der Waals surface area contributed by atoms with Crippen molar-refractivity contribution in [3.8, 4) is 0 Å². The van der Waals surface area contributed by atoms with Gasteiger partial charge in [0.1, 0.15) is 0 Å². The van der Waals surface area contributed by atoms with E-state index < -0.39 is 0 Å². The molecule has 0 aromatic heterocycles. The number of hydrogen-bond donors (Lipinski definition) is 1. The van der Waals surface area contributed by atoms with E-state index in [0.29, 0.717) is 11.5 Å². The minimum absolute atomic E-state index is 0.435. The van der Waals surface area contributed by atoms with Crippen molar-refractivity contribution in [2.75, 3.05) is 26.2 Å². The van der Waals surface area contributed by atoms with Gasteiger partial charge >= 0.3 is 0 Å². The van der Waals surface area contributed by atoms with Crippen molar-refractivity contribution < 1.29 is 0 Å². The molecule has 0 radical (unpaired) electrons. The first-order valence-electron chi connectivity index (χ1n) is 7.41. The zero-order valence-electron chi connectivity index (χ0n) is 12.6. The molecule has 1 fully saturated rings. The van der Waals surface area contributed by atoms with Crippen LogP contribution in [0.15, 0.2) is 0 Å². The van der Waals surface area contributed by atoms with Crippen LogP contribution in [0.3, 0.4) is 0 Å². The quantitative estimate of drug-likeness (QED) is 0.767. The lowest BCUT2D eigenvalue weighted by Crippen LogP contribution is -2.45. The summed E-state index contributed by atoms with van der Waals surface area (Å²) in [7, 11) is 0. The van der Waals surface area contributed by atoms with Gasteiger partial charge in [0.25, 0.3) is 0 Å². The Kier molecular flexibility index (Phi) is 5.94. The lowest BCUT2D eigenvalue weighted by molar-refractivity contribution is 0.117. The van der Waals surface area contributed by atoms with Gasteiger partial charge in [0.05, 0.1) is 0 Å². The molecule has 1 saturated heterocycles. The predicted octanol–water partition coefficient (Wildman–Crippen LogP) is 3.13. The maximum Gasteiger partial charge on any atom is 0.00474 e. The number of rotatable bonds is 6. The highest BCUT2D eigenvalue weighted by atomic mass is 15.1. The Morgan fingerprint density at radius 1 is 1.29 bits per heavy atom. The van der Waals surface area contributed by atoms with Crippen LogP contribution in [-0.4, -0.2) is 37.1 Å². The first-order valence-corrected chi connectivity index (χ1v) is 7.41. The lowest BCUT2D eigenvalue weighted by atomic mass is 9.85. The molecule has 2 heteroatoms. The molecule has 0 aromatic carbocycles. The molecule has 17 heavy (non-hydrogen) atoms. The van der Waals surface area contributed by atoms with Crippen LogP contribution in [0.5, 0.6) is 0 Å². The van der Waals surface area contributed by atoms with Crippen molar-refractivity contribution in [1.29, 1.82) is 0 Å². The van der Waals surface area contributed by atoms with Crippen LogP contribution >= 0.6 is 0 Å². The zero-order valence-corrected chi connectivity index (χ0v) is 12.6. The number of nitrogens with zero attached hydrogens (tertiary/aromatic N) is 1. The second-order valence-corrected chi connectivity index (χ2v) is 6.66. The van der Waals surface area contributed by atoms with Crippen molar-refractivity contribution in [3.05, 3.63) is 0 Å². The molecule has 1 heterocycles. The van der Waals surface area contributed by atoms with Gasteiger partial charge in [0, 0.05) is 19.1 Å². The predicted molar refractivity (Wildman–Crippen MR) is 76.4 cm³/mol. The van der Waals surface area contributed by atoms with Crippen molar-refractivity contribution in [1.82, 2.24) is 10.2 Å². The van der Waals surface area contributed by atoms with Crippen LogP contribution in [0, 0.1) is 11.3 Å². The van der Waals surface area contributed by atoms with Gasteiger partial charge in [-0.05, 0) is 43.7 Å². The van der Waals surface area contributed by atoms with Gasteiger partial charge < -0.3 is 10.2 Å². The van der Waals surface area contributed by atoms with Gasteiger partial charge in [-0.3, -0.25) is 0 Å². The van der Waals surface area contributed by atoms with Crippen LogP contribution < -0.4 is 5.32 Å². The Morgan fingerprint density at radius 3 is 2.35 bits per heavy atom. The van der Waals surface area contributed by atoms with Crippen LogP contribution in [0.2, 0.25) is 0 Å². The summed E-state index contributed by atoms with van der Waals surface area (Å²) >= 11 is 0. The summed E-state index contributed by atoms with van der Waals surface area (Å²) in [6, 6.07) is 0.599. The van der Waals surface area contributed by atoms with Crippen LogP contribution in [-0.2, 0) is 0 Å². The number of piperidine rings is 1. The highest BCUT2D eigenvalue weighted by molar-refractivity contribution is 4.82. The molecule has 0 spiro atoms. The maximum absolute atomic E-state index is 3.61. The van der Waals surface area contributed by atoms with E-state index in [1.807, 2.05) is 0 Å². The van der Waals surface area contributed by atoms with E-state index in [2.05, 4.69) is 44.8 Å². The third-order valence-corrected chi connectivity index (χ3v) is 4.27. The van der Waals surface area contributed by atoms with Gasteiger partial charge in [0.2, 0.25) is 0 Å². The van der Waals surface area contributed by atoms with Crippen molar-refractivity contribution in [2.24, 2.45) is 11.3 Å². The van der Waals surface area contributed by atoms with E-state index >= 15 is 0 Å². The molecular formula is C15H32N2. The van der Waals surface area contributed by atoms with Crippen molar-refractivity contribution >= 4 is 0 Å². The first-order chi connectivity index (χ1) is 7.95. The molecule has 1 unspecified atom stereocenters. The molecule has 1 rings (SSSR count). The standard InChI is InChI=1S/C15H32N2/c1-6-15(5,11-16-13(2)3)12-17-9-7-14(4)8-10-17/h13-14,16H,6-12H2,1-5H3. The average molecular weight is 240 g/mol. The molecule has 2 nitrogen and oxygen atoms in total. The number of nitrogens with one attached hydrogen (secondary N) is 1. The Bertz CT molecular complexity index is 207. The van der Waals surface area contributed by atoms with Gasteiger partial charge in [-0.15, -0.1) is 0 Å². The first kappa shape index (κ1) is 15.0. The summed E-state index contributed by atoms with van der Waals surface area (Å²) < 4.78 is 0. The average Bonchev–Trinajstić information content (AvgIpc) is 2.30. The van der Waals surface area contributed by atoms with E-state index in [1.54, 1.807) is 0 Å². The van der Waals surface area contributed by atoms with Crippen molar-refractivity contribution in [3.63, 3.8) is 0 Å². The molecule has 1 N–H and O–H groups in total. The molecule has 0 amide bonds. The molecular weight excluding hydrogens is 208 g/mol. The van der Waals surface area contributed by atoms with Crippen LogP contribution in [0.25, 0.3) is 0 Å². The minimum atomic E-state index is 0.435. The Hall–Kier alpha value is -0.0800. The highest BCUT2D eigenvalue weighted by Gasteiger charge is 2.27. The SMILES string of the molecule is CCC(C)(CNC(C)C)CN1CCC(C)CC1. The zero-order chi connectivity index (χ0) is 12.9. The smallest absolute Gasteiger partial charge is 0.00474 e. The normalized spacial score (nSPS) is 22.9. The Labute approximate surface area is 108 Å². The monoisotopic (exact) mass is 240 g/mol. The lowest BCUT2D eigenvalue weighted by Gasteiger charge is -2.38. The fraction of sp³-hybridized carbons (Fsp3) is 1.00. The fourth-order valence-electron chi connectivity index (χ4n) is 2.50. The third kappa shape index (κ3) is 5.39. The van der Waals surface area contributed by atoms with Crippen LogP contribution in [0.1, 0.15) is 53.9 Å². The molecule has 102 valence electrons.